The molecule has 0 saturated heterocycles. The molecular weight excluding hydrogens is 317 g/mol. The van der Waals surface area contributed by atoms with E-state index >= 15 is 0 Å². The molecule has 0 atom stereocenters. The van der Waals surface area contributed by atoms with E-state index in [0.29, 0.717) is 6.42 Å². The van der Waals surface area contributed by atoms with Crippen molar-refractivity contribution in [2.45, 2.75) is 76.3 Å². The molecular formula is C14H23F7O. The van der Waals surface area contributed by atoms with Crippen LogP contribution in [0.25, 0.3) is 0 Å². The van der Waals surface area contributed by atoms with Gasteiger partial charge in [-0.2, -0.15) is 26.3 Å². The topological polar surface area (TPSA) is 9.23 Å². The van der Waals surface area contributed by atoms with Gasteiger partial charge in [0.15, 0.2) is 0 Å². The van der Waals surface area contributed by atoms with Crippen LogP contribution in [0.3, 0.4) is 0 Å². The Hall–Kier alpha value is -0.530. The first-order valence-electron chi connectivity index (χ1n) is 7.46. The zero-order chi connectivity index (χ0) is 17.3. The molecule has 0 saturated carbocycles. The Labute approximate surface area is 126 Å². The Morgan fingerprint density at radius 1 is 0.636 bits per heavy atom. The molecule has 0 fully saturated rings. The normalized spacial score (nSPS) is 13.6. The lowest BCUT2D eigenvalue weighted by molar-refractivity contribution is -0.343. The molecule has 0 aliphatic rings. The molecule has 0 aliphatic heterocycles. The average molecular weight is 340 g/mol. The molecule has 0 radical (unpaired) electrons. The molecule has 0 aliphatic carbocycles. The third kappa shape index (κ3) is 7.15. The van der Waals surface area contributed by atoms with E-state index in [1.165, 1.54) is 0 Å². The largest absolute Gasteiger partial charge is 0.431 e. The predicted molar refractivity (Wildman–Crippen MR) is 69.4 cm³/mol. The number of hydrogen-bond donors (Lipinski definition) is 0. The van der Waals surface area contributed by atoms with Gasteiger partial charge in [-0.3, -0.25) is 0 Å². The second-order valence-corrected chi connectivity index (χ2v) is 5.28. The summed E-state index contributed by atoms with van der Waals surface area (Å²) in [5, 5.41) is 0. The van der Waals surface area contributed by atoms with Crippen LogP contribution < -0.4 is 0 Å². The van der Waals surface area contributed by atoms with Crippen molar-refractivity contribution in [3.05, 3.63) is 0 Å². The summed E-state index contributed by atoms with van der Waals surface area (Å²) >= 11 is 0. The van der Waals surface area contributed by atoms with Crippen molar-refractivity contribution in [1.82, 2.24) is 0 Å². The lowest BCUT2D eigenvalue weighted by atomic mass is 9.98. The molecule has 8 heteroatoms. The minimum atomic E-state index is -5.97. The van der Waals surface area contributed by atoms with Crippen molar-refractivity contribution < 1.29 is 35.5 Å². The fourth-order valence-electron chi connectivity index (χ4n) is 1.95. The molecule has 1 nitrogen and oxygen atoms in total. The predicted octanol–water partition coefficient (Wildman–Crippen LogP) is 5.98. The zero-order valence-electron chi connectivity index (χ0n) is 12.6. The maximum absolute atomic E-state index is 13.2. The van der Waals surface area contributed by atoms with Crippen LogP contribution in [0.2, 0.25) is 0 Å². The molecule has 0 aromatic heterocycles. The minimum Gasteiger partial charge on any atom is -0.381 e. The summed E-state index contributed by atoms with van der Waals surface area (Å²) in [7, 11) is 0. The molecule has 0 bridgehead atoms. The molecule has 0 N–H and O–H groups in total. The van der Waals surface area contributed by atoms with Gasteiger partial charge < -0.3 is 4.74 Å². The monoisotopic (exact) mass is 340 g/mol. The smallest absolute Gasteiger partial charge is 0.381 e. The van der Waals surface area contributed by atoms with Crippen molar-refractivity contribution >= 4 is 0 Å². The Bertz CT molecular complexity index is 272. The van der Waals surface area contributed by atoms with Crippen LogP contribution >= 0.6 is 0 Å². The summed E-state index contributed by atoms with van der Waals surface area (Å²) in [6.07, 6.45) is -8.28. The molecule has 0 amide bonds. The van der Waals surface area contributed by atoms with Gasteiger partial charge in [0.2, 0.25) is 0 Å². The highest BCUT2D eigenvalue weighted by atomic mass is 19.4. The lowest BCUT2D eigenvalue weighted by Gasteiger charge is -2.29. The molecule has 0 rings (SSSR count). The van der Waals surface area contributed by atoms with Crippen LogP contribution in [-0.2, 0) is 4.74 Å². The van der Waals surface area contributed by atoms with Gasteiger partial charge in [0.25, 0.3) is 5.67 Å². The van der Waals surface area contributed by atoms with E-state index in [1.54, 1.807) is 0 Å². The van der Waals surface area contributed by atoms with E-state index in [0.717, 1.165) is 32.1 Å². The number of alkyl halides is 7. The van der Waals surface area contributed by atoms with Gasteiger partial charge in [0, 0.05) is 19.6 Å². The van der Waals surface area contributed by atoms with E-state index in [9.17, 15) is 30.7 Å². The Balaban J connectivity index is 3.89. The highest BCUT2D eigenvalue weighted by molar-refractivity contribution is 4.94. The first kappa shape index (κ1) is 21.5. The van der Waals surface area contributed by atoms with E-state index in [4.69, 9.17) is 4.74 Å². The van der Waals surface area contributed by atoms with Crippen molar-refractivity contribution in [2.75, 3.05) is 13.2 Å². The SMILES string of the molecule is CCCCCCCCOCCCC(F)(C(F)(F)F)C(F)(F)F. The number of halogens is 7. The molecule has 22 heavy (non-hydrogen) atoms. The summed E-state index contributed by atoms with van der Waals surface area (Å²) in [6, 6.07) is 0. The van der Waals surface area contributed by atoms with Crippen LogP contribution in [0.1, 0.15) is 58.3 Å². The molecule has 0 heterocycles. The van der Waals surface area contributed by atoms with Gasteiger partial charge in [-0.1, -0.05) is 39.0 Å². The van der Waals surface area contributed by atoms with Crippen molar-refractivity contribution in [1.29, 1.82) is 0 Å². The number of unbranched alkanes of at least 4 members (excludes halogenated alkanes) is 5. The Morgan fingerprint density at radius 3 is 1.59 bits per heavy atom. The van der Waals surface area contributed by atoms with Gasteiger partial charge >= 0.3 is 12.4 Å². The van der Waals surface area contributed by atoms with E-state index in [2.05, 4.69) is 6.92 Å². The molecule has 134 valence electrons. The summed E-state index contributed by atoms with van der Waals surface area (Å²) in [6.45, 7) is 2.03. The van der Waals surface area contributed by atoms with Crippen LogP contribution in [0.5, 0.6) is 0 Å². The fourth-order valence-corrected chi connectivity index (χ4v) is 1.95. The fraction of sp³-hybridized carbons (Fsp3) is 1.00. The molecule has 0 aromatic rings. The zero-order valence-corrected chi connectivity index (χ0v) is 12.6. The average Bonchev–Trinajstić information content (AvgIpc) is 2.38. The van der Waals surface area contributed by atoms with E-state index in [-0.39, 0.29) is 13.2 Å². The lowest BCUT2D eigenvalue weighted by Crippen LogP contribution is -2.53. The van der Waals surface area contributed by atoms with Crippen LogP contribution in [0.4, 0.5) is 30.7 Å². The second kappa shape index (κ2) is 9.57. The first-order chi connectivity index (χ1) is 10.1. The second-order valence-electron chi connectivity index (χ2n) is 5.28. The molecule has 0 spiro atoms. The number of ether oxygens (including phenoxy) is 1. The first-order valence-corrected chi connectivity index (χ1v) is 7.46. The summed E-state index contributed by atoms with van der Waals surface area (Å²) in [5.41, 5.74) is -5.16. The van der Waals surface area contributed by atoms with E-state index in [1.807, 2.05) is 0 Å². The van der Waals surface area contributed by atoms with Crippen molar-refractivity contribution in [2.24, 2.45) is 0 Å². The Morgan fingerprint density at radius 2 is 1.09 bits per heavy atom. The van der Waals surface area contributed by atoms with Crippen molar-refractivity contribution in [3.63, 3.8) is 0 Å². The third-order valence-corrected chi connectivity index (χ3v) is 3.35. The number of rotatable bonds is 11. The summed E-state index contributed by atoms with van der Waals surface area (Å²) < 4.78 is 91.7. The van der Waals surface area contributed by atoms with Gasteiger partial charge in [-0.25, -0.2) is 4.39 Å². The van der Waals surface area contributed by atoms with Crippen LogP contribution in [-0.4, -0.2) is 31.2 Å². The molecule has 0 unspecified atom stereocenters. The minimum absolute atomic E-state index is 0.267. The van der Waals surface area contributed by atoms with Gasteiger partial charge in [0.1, 0.15) is 0 Å². The van der Waals surface area contributed by atoms with Crippen molar-refractivity contribution in [3.8, 4) is 0 Å². The van der Waals surface area contributed by atoms with Gasteiger partial charge in [0.05, 0.1) is 0 Å². The van der Waals surface area contributed by atoms with Gasteiger partial charge in [-0.05, 0) is 12.8 Å². The van der Waals surface area contributed by atoms with E-state index < -0.39 is 30.9 Å². The molecule has 0 aromatic carbocycles. The van der Waals surface area contributed by atoms with Crippen LogP contribution in [0, 0.1) is 0 Å². The maximum atomic E-state index is 13.2. The maximum Gasteiger partial charge on any atom is 0.431 e. The third-order valence-electron chi connectivity index (χ3n) is 3.35. The highest BCUT2D eigenvalue weighted by Gasteiger charge is 2.71. The quantitative estimate of drug-likeness (QED) is 0.332. The highest BCUT2D eigenvalue weighted by Crippen LogP contribution is 2.48. The standard InChI is InChI=1S/C14H23F7O/c1-2-3-4-5-6-7-10-22-11-8-9-12(15,13(16,17)18)14(19,20)21/h2-11H2,1H3. The summed E-state index contributed by atoms with van der Waals surface area (Å²) in [4.78, 5) is 0. The van der Waals surface area contributed by atoms with Gasteiger partial charge in [-0.15, -0.1) is 0 Å². The van der Waals surface area contributed by atoms with Crippen LogP contribution in [0.15, 0.2) is 0 Å². The summed E-state index contributed by atoms with van der Waals surface area (Å²) in [5.74, 6) is 0. The number of hydrogen-bond acceptors (Lipinski definition) is 1. The Kier molecular flexibility index (Phi) is 9.34.